The Morgan fingerprint density at radius 2 is 1.61 bits per heavy atom. The van der Waals surface area contributed by atoms with Gasteiger partial charge in [-0.15, -0.1) is 11.3 Å². The van der Waals surface area contributed by atoms with Crippen molar-refractivity contribution < 1.29 is 53.8 Å². The normalized spacial score (nSPS) is 14.0. The lowest BCUT2D eigenvalue weighted by molar-refractivity contribution is -0.137. The first-order valence-corrected chi connectivity index (χ1v) is 14.9. The van der Waals surface area contributed by atoms with Crippen LogP contribution in [0.25, 0.3) is 21.7 Å². The van der Waals surface area contributed by atoms with Crippen LogP contribution < -0.4 is 9.46 Å². The maximum absolute atomic E-state index is 14.2. The van der Waals surface area contributed by atoms with Gasteiger partial charge in [0, 0.05) is 17.0 Å². The predicted molar refractivity (Wildman–Crippen MR) is 146 cm³/mol. The summed E-state index contributed by atoms with van der Waals surface area (Å²) in [4.78, 5) is 15.0. The van der Waals surface area contributed by atoms with Crippen LogP contribution in [0.3, 0.4) is 0 Å². The van der Waals surface area contributed by atoms with Crippen molar-refractivity contribution in [2.45, 2.75) is 36.1 Å². The number of anilines is 1. The van der Waals surface area contributed by atoms with Crippen molar-refractivity contribution in [2.24, 2.45) is 0 Å². The first-order chi connectivity index (χ1) is 20.5. The molecule has 1 aromatic heterocycles. The van der Waals surface area contributed by atoms with Gasteiger partial charge in [0.2, 0.25) is 0 Å². The maximum atomic E-state index is 14.2. The van der Waals surface area contributed by atoms with Crippen LogP contribution in [0, 0.1) is 5.82 Å². The summed E-state index contributed by atoms with van der Waals surface area (Å²) in [5.41, 5.74) is -4.62. The van der Waals surface area contributed by atoms with Crippen LogP contribution >= 0.6 is 11.3 Å². The second-order valence-corrected chi connectivity index (χ2v) is 12.3. The van der Waals surface area contributed by atoms with Gasteiger partial charge in [-0.2, -0.15) is 34.8 Å². The average Bonchev–Trinajstić information content (AvgIpc) is 3.66. The molecule has 7 nitrogen and oxygen atoms in total. The topological polar surface area (TPSA) is 106 Å². The molecular weight excluding hydrogens is 641 g/mol. The van der Waals surface area contributed by atoms with E-state index in [0.717, 1.165) is 55.7 Å². The Hall–Kier alpha value is -4.18. The number of nitrogens with zero attached hydrogens (tertiary/aromatic N) is 1. The number of nitrogens with one attached hydrogen (secondary N) is 1. The highest BCUT2D eigenvalue weighted by Gasteiger charge is 2.38. The Balaban J connectivity index is 1.53. The molecule has 5 rings (SSSR count). The van der Waals surface area contributed by atoms with Gasteiger partial charge in [0.15, 0.2) is 5.03 Å². The molecule has 0 radical (unpaired) electrons. The molecular formula is C28H19F7N2O5S2. The summed E-state index contributed by atoms with van der Waals surface area (Å²) in [5, 5.41) is 8.82. The number of carbonyl (C=O) groups is 1. The summed E-state index contributed by atoms with van der Waals surface area (Å²) in [6.07, 6.45) is -8.43. The Labute approximate surface area is 249 Å². The lowest BCUT2D eigenvalue weighted by atomic mass is 9.93. The van der Waals surface area contributed by atoms with Gasteiger partial charge in [0.1, 0.15) is 16.6 Å². The van der Waals surface area contributed by atoms with Gasteiger partial charge in [-0.1, -0.05) is 24.3 Å². The van der Waals surface area contributed by atoms with Crippen LogP contribution in [0.1, 0.15) is 45.8 Å². The van der Waals surface area contributed by atoms with Crippen molar-refractivity contribution in [1.82, 2.24) is 4.98 Å². The largest absolute Gasteiger partial charge is 0.495 e. The fourth-order valence-electron chi connectivity index (χ4n) is 4.52. The number of carboxylic acid groups (broad SMARTS) is 1. The van der Waals surface area contributed by atoms with Crippen LogP contribution in [-0.2, 0) is 22.4 Å². The summed E-state index contributed by atoms with van der Waals surface area (Å²) in [7, 11) is -3.59. The molecule has 1 aliphatic carbocycles. The predicted octanol–water partition coefficient (Wildman–Crippen LogP) is 8.04. The summed E-state index contributed by atoms with van der Waals surface area (Å²) in [6.45, 7) is 0. The molecule has 0 amide bonds. The number of benzene rings is 3. The molecule has 1 fully saturated rings. The van der Waals surface area contributed by atoms with E-state index in [2.05, 4.69) is 4.98 Å². The van der Waals surface area contributed by atoms with Crippen molar-refractivity contribution in [1.29, 1.82) is 0 Å². The van der Waals surface area contributed by atoms with Crippen molar-refractivity contribution in [3.63, 3.8) is 0 Å². The number of sulfonamides is 1. The van der Waals surface area contributed by atoms with Crippen molar-refractivity contribution >= 4 is 33.0 Å². The molecule has 1 aliphatic rings. The quantitative estimate of drug-likeness (QED) is 0.186. The molecule has 0 unspecified atom stereocenters. The van der Waals surface area contributed by atoms with Gasteiger partial charge in [0.05, 0.1) is 29.5 Å². The minimum Gasteiger partial charge on any atom is -0.495 e. The Morgan fingerprint density at radius 3 is 2.20 bits per heavy atom. The van der Waals surface area contributed by atoms with E-state index in [9.17, 15) is 43.9 Å². The number of thiazole rings is 1. The number of methoxy groups -OCH3 is 1. The molecule has 0 spiro atoms. The van der Waals surface area contributed by atoms with Crippen LogP contribution in [0.15, 0.2) is 58.9 Å². The van der Waals surface area contributed by atoms with Gasteiger partial charge < -0.3 is 9.84 Å². The molecule has 1 saturated carbocycles. The second kappa shape index (κ2) is 11.1. The van der Waals surface area contributed by atoms with E-state index in [1.165, 1.54) is 6.07 Å². The average molecular weight is 661 g/mol. The molecule has 1 heterocycles. The second-order valence-electron chi connectivity index (χ2n) is 9.77. The minimum absolute atomic E-state index is 0.0210. The molecule has 44 heavy (non-hydrogen) atoms. The highest BCUT2D eigenvalue weighted by Crippen LogP contribution is 2.46. The molecule has 16 heteroatoms. The molecule has 0 bridgehead atoms. The highest BCUT2D eigenvalue weighted by molar-refractivity contribution is 7.92. The van der Waals surface area contributed by atoms with E-state index in [4.69, 9.17) is 9.84 Å². The number of rotatable bonds is 8. The lowest BCUT2D eigenvalue weighted by Gasteiger charge is -2.17. The summed E-state index contributed by atoms with van der Waals surface area (Å²) in [5.74, 6) is -3.31. The molecule has 0 aliphatic heterocycles. The van der Waals surface area contributed by atoms with E-state index in [1.54, 1.807) is 0 Å². The lowest BCUT2D eigenvalue weighted by Crippen LogP contribution is -2.15. The van der Waals surface area contributed by atoms with Crippen molar-refractivity contribution in [3.8, 4) is 27.4 Å². The number of carboxylic acids is 1. The standard InChI is InChI=1S/C28H19F7N2O5S2/c1-42-23-10-18(26(38)39)21(29)11-22(23)37-44(40,41)24-12-43-25(36-24)17-7-5-15(9-20(17)28(33,34)35)16-6-4-14(13-2-3-13)8-19(16)27(30,31)32/h4-13,37H,2-3H2,1H3,(H,38,39). The summed E-state index contributed by atoms with van der Waals surface area (Å²) < 4.78 is 132. The number of ether oxygens (including phenoxy) is 1. The minimum atomic E-state index is -5.06. The summed E-state index contributed by atoms with van der Waals surface area (Å²) in [6, 6.07) is 7.40. The first-order valence-electron chi connectivity index (χ1n) is 12.5. The SMILES string of the molecule is COc1cc(C(=O)O)c(F)cc1NS(=O)(=O)c1csc(-c2ccc(-c3ccc(C4CC4)cc3C(F)(F)F)cc2C(F)(F)F)n1. The van der Waals surface area contributed by atoms with Crippen LogP contribution in [0.5, 0.6) is 5.75 Å². The van der Waals surface area contributed by atoms with E-state index in [0.29, 0.717) is 29.0 Å². The zero-order chi connectivity index (χ0) is 32.2. The Bertz CT molecular complexity index is 1880. The first kappa shape index (κ1) is 31.3. The molecule has 232 valence electrons. The Kier molecular flexibility index (Phi) is 7.86. The molecule has 0 atom stereocenters. The van der Waals surface area contributed by atoms with E-state index >= 15 is 0 Å². The summed E-state index contributed by atoms with van der Waals surface area (Å²) >= 11 is 0.518. The molecule has 3 aromatic carbocycles. The number of alkyl halides is 6. The molecule has 0 saturated heterocycles. The zero-order valence-corrected chi connectivity index (χ0v) is 23.8. The van der Waals surface area contributed by atoms with Crippen LogP contribution in [0.2, 0.25) is 0 Å². The third kappa shape index (κ3) is 6.22. The third-order valence-electron chi connectivity index (χ3n) is 6.79. The van der Waals surface area contributed by atoms with Crippen LogP contribution in [-0.4, -0.2) is 31.6 Å². The van der Waals surface area contributed by atoms with E-state index in [1.807, 2.05) is 4.72 Å². The van der Waals surface area contributed by atoms with Gasteiger partial charge in [-0.05, 0) is 53.6 Å². The van der Waals surface area contributed by atoms with Crippen molar-refractivity contribution in [2.75, 3.05) is 11.8 Å². The third-order valence-corrected chi connectivity index (χ3v) is 9.06. The fraction of sp³-hybridized carbons (Fsp3) is 0.214. The monoisotopic (exact) mass is 660 g/mol. The Morgan fingerprint density at radius 1 is 0.977 bits per heavy atom. The highest BCUT2D eigenvalue weighted by atomic mass is 32.2. The van der Waals surface area contributed by atoms with Gasteiger partial charge in [-0.25, -0.2) is 14.2 Å². The molecule has 2 N–H and O–H groups in total. The number of halogens is 7. The molecule has 4 aromatic rings. The van der Waals surface area contributed by atoms with Crippen LogP contribution in [0.4, 0.5) is 36.4 Å². The van der Waals surface area contributed by atoms with Gasteiger partial charge in [-0.3, -0.25) is 4.72 Å². The number of hydrogen-bond acceptors (Lipinski definition) is 6. The number of aromatic nitrogens is 1. The van der Waals surface area contributed by atoms with E-state index < -0.39 is 77.7 Å². The van der Waals surface area contributed by atoms with E-state index in [-0.39, 0.29) is 17.2 Å². The van der Waals surface area contributed by atoms with Crippen molar-refractivity contribution in [3.05, 3.63) is 82.0 Å². The number of aromatic carboxylic acids is 1. The van der Waals surface area contributed by atoms with Gasteiger partial charge in [0.25, 0.3) is 10.0 Å². The zero-order valence-electron chi connectivity index (χ0n) is 22.2. The smallest absolute Gasteiger partial charge is 0.417 e. The maximum Gasteiger partial charge on any atom is 0.417 e. The fourth-order valence-corrected chi connectivity index (χ4v) is 6.72. The number of hydrogen-bond donors (Lipinski definition) is 2. The van der Waals surface area contributed by atoms with Gasteiger partial charge >= 0.3 is 18.3 Å².